The Hall–Kier alpha value is -1.97. The van der Waals surface area contributed by atoms with E-state index in [1.807, 2.05) is 23.7 Å². The molecule has 0 fully saturated rings. The van der Waals surface area contributed by atoms with E-state index < -0.39 is 5.60 Å². The molecule has 3 aromatic rings. The van der Waals surface area contributed by atoms with Gasteiger partial charge in [-0.25, -0.2) is 4.98 Å². The first-order chi connectivity index (χ1) is 12.5. The van der Waals surface area contributed by atoms with Crippen LogP contribution in [0, 0.1) is 11.8 Å². The minimum absolute atomic E-state index is 0.208. The van der Waals surface area contributed by atoms with Gasteiger partial charge in [-0.2, -0.15) is 11.3 Å². The topological polar surface area (TPSA) is 45.1 Å². The van der Waals surface area contributed by atoms with Gasteiger partial charge in [0.2, 0.25) is 0 Å². The molecule has 0 bridgehead atoms. The summed E-state index contributed by atoms with van der Waals surface area (Å²) < 4.78 is 0. The molecule has 0 radical (unpaired) electrons. The summed E-state index contributed by atoms with van der Waals surface area (Å²) in [6.07, 6.45) is 2.80. The number of rotatable bonds is 6. The maximum Gasteiger partial charge on any atom is 0.120 e. The molecular formula is C21H22N2OS2. The van der Waals surface area contributed by atoms with Gasteiger partial charge in [-0.15, -0.1) is 11.3 Å². The van der Waals surface area contributed by atoms with Crippen molar-refractivity contribution in [3.05, 3.63) is 74.4 Å². The predicted octanol–water partition coefficient (Wildman–Crippen LogP) is 4.40. The van der Waals surface area contributed by atoms with Crippen molar-refractivity contribution in [2.24, 2.45) is 0 Å². The third-order valence-electron chi connectivity index (χ3n) is 3.79. The summed E-state index contributed by atoms with van der Waals surface area (Å²) in [6, 6.07) is 10.5. The molecular weight excluding hydrogens is 360 g/mol. The van der Waals surface area contributed by atoms with Crippen LogP contribution in [0.3, 0.4) is 0 Å². The number of aliphatic hydroxyl groups is 1. The Morgan fingerprint density at radius 2 is 1.96 bits per heavy atom. The van der Waals surface area contributed by atoms with Gasteiger partial charge < -0.3 is 10.4 Å². The number of thiophene rings is 1. The lowest BCUT2D eigenvalue weighted by atomic mass is 10.1. The van der Waals surface area contributed by atoms with E-state index in [2.05, 4.69) is 51.1 Å². The van der Waals surface area contributed by atoms with Gasteiger partial charge in [0.15, 0.2) is 0 Å². The highest BCUT2D eigenvalue weighted by Gasteiger charge is 2.15. The molecule has 3 rings (SSSR count). The van der Waals surface area contributed by atoms with Crippen LogP contribution in [0.4, 0.5) is 0 Å². The zero-order chi connectivity index (χ0) is 18.4. The Kier molecular flexibility index (Phi) is 6.23. The molecule has 2 aromatic heterocycles. The lowest BCUT2D eigenvalue weighted by Gasteiger charge is -2.16. The van der Waals surface area contributed by atoms with Crippen molar-refractivity contribution in [1.82, 2.24) is 10.3 Å². The highest BCUT2D eigenvalue weighted by atomic mass is 32.1. The first-order valence-corrected chi connectivity index (χ1v) is 10.3. The summed E-state index contributed by atoms with van der Waals surface area (Å²) in [5.74, 6) is 5.84. The van der Waals surface area contributed by atoms with Crippen LogP contribution in [0.5, 0.6) is 0 Å². The highest BCUT2D eigenvalue weighted by Crippen LogP contribution is 2.22. The summed E-state index contributed by atoms with van der Waals surface area (Å²) >= 11 is 3.41. The Morgan fingerprint density at radius 3 is 2.58 bits per heavy atom. The van der Waals surface area contributed by atoms with Crippen LogP contribution in [0.1, 0.15) is 41.6 Å². The second-order valence-electron chi connectivity index (χ2n) is 6.65. The SMILES string of the molecule is CC(C)(O)C#Cc1ccc(CN[C@@H](Cc2ccsc2)c2nccs2)cc1. The van der Waals surface area contributed by atoms with Gasteiger partial charge in [-0.05, 0) is 60.4 Å². The van der Waals surface area contributed by atoms with Crippen LogP contribution in [0.15, 0.2) is 52.7 Å². The minimum Gasteiger partial charge on any atom is -0.378 e. The molecule has 0 spiro atoms. The molecule has 0 aliphatic rings. The van der Waals surface area contributed by atoms with Crippen LogP contribution in [-0.2, 0) is 13.0 Å². The molecule has 2 heterocycles. The zero-order valence-corrected chi connectivity index (χ0v) is 16.5. The Morgan fingerprint density at radius 1 is 1.15 bits per heavy atom. The van der Waals surface area contributed by atoms with Crippen molar-refractivity contribution in [3.8, 4) is 11.8 Å². The summed E-state index contributed by atoms with van der Waals surface area (Å²) in [5.41, 5.74) is 2.47. The molecule has 1 atom stereocenters. The Balaban J connectivity index is 1.64. The van der Waals surface area contributed by atoms with E-state index in [0.717, 1.165) is 23.5 Å². The molecule has 0 unspecified atom stereocenters. The zero-order valence-electron chi connectivity index (χ0n) is 14.9. The lowest BCUT2D eigenvalue weighted by molar-refractivity contribution is 0.143. The van der Waals surface area contributed by atoms with E-state index in [-0.39, 0.29) is 6.04 Å². The fraction of sp³-hybridized carbons (Fsp3) is 0.286. The standard InChI is InChI=1S/C21H22N2OS2/c1-21(2,24)9-7-16-3-5-17(6-4-16)14-23-19(20-22-10-12-26-20)13-18-8-11-25-15-18/h3-6,8,10-12,15,19,23-24H,13-14H2,1-2H3/t19-/m0/s1. The van der Waals surface area contributed by atoms with Gasteiger partial charge in [0.25, 0.3) is 0 Å². The van der Waals surface area contributed by atoms with E-state index in [1.54, 1.807) is 36.5 Å². The molecule has 0 aliphatic carbocycles. The van der Waals surface area contributed by atoms with Crippen molar-refractivity contribution in [2.75, 3.05) is 0 Å². The van der Waals surface area contributed by atoms with E-state index in [9.17, 15) is 5.11 Å². The number of benzene rings is 1. The molecule has 5 heteroatoms. The number of nitrogens with zero attached hydrogens (tertiary/aromatic N) is 1. The minimum atomic E-state index is -0.969. The van der Waals surface area contributed by atoms with Gasteiger partial charge in [-0.3, -0.25) is 0 Å². The van der Waals surface area contributed by atoms with Crippen molar-refractivity contribution in [1.29, 1.82) is 0 Å². The fourth-order valence-electron chi connectivity index (χ4n) is 2.47. The second-order valence-corrected chi connectivity index (χ2v) is 8.35. The fourth-order valence-corrected chi connectivity index (χ4v) is 3.87. The maximum absolute atomic E-state index is 9.69. The number of hydrogen-bond donors (Lipinski definition) is 2. The van der Waals surface area contributed by atoms with Crippen molar-refractivity contribution < 1.29 is 5.11 Å². The molecule has 0 aliphatic heterocycles. The highest BCUT2D eigenvalue weighted by molar-refractivity contribution is 7.09. The molecule has 2 N–H and O–H groups in total. The summed E-state index contributed by atoms with van der Waals surface area (Å²) in [5, 5.41) is 20.8. The van der Waals surface area contributed by atoms with Crippen molar-refractivity contribution >= 4 is 22.7 Å². The third-order valence-corrected chi connectivity index (χ3v) is 5.41. The van der Waals surface area contributed by atoms with E-state index >= 15 is 0 Å². The van der Waals surface area contributed by atoms with Gasteiger partial charge in [0.1, 0.15) is 10.6 Å². The Bertz CT molecular complexity index is 852. The largest absolute Gasteiger partial charge is 0.378 e. The summed E-state index contributed by atoms with van der Waals surface area (Å²) in [7, 11) is 0. The van der Waals surface area contributed by atoms with Gasteiger partial charge in [0, 0.05) is 23.7 Å². The van der Waals surface area contributed by atoms with E-state index in [0.29, 0.717) is 0 Å². The van der Waals surface area contributed by atoms with Crippen molar-refractivity contribution in [2.45, 2.75) is 38.5 Å². The van der Waals surface area contributed by atoms with E-state index in [4.69, 9.17) is 0 Å². The molecule has 134 valence electrons. The average molecular weight is 383 g/mol. The number of aromatic nitrogens is 1. The van der Waals surface area contributed by atoms with Crippen LogP contribution >= 0.6 is 22.7 Å². The van der Waals surface area contributed by atoms with Crippen LogP contribution in [-0.4, -0.2) is 15.7 Å². The third kappa shape index (κ3) is 5.79. The molecule has 0 saturated heterocycles. The molecule has 0 saturated carbocycles. The van der Waals surface area contributed by atoms with Crippen LogP contribution in [0.2, 0.25) is 0 Å². The average Bonchev–Trinajstić information content (AvgIpc) is 3.30. The normalized spacial score (nSPS) is 12.4. The van der Waals surface area contributed by atoms with Gasteiger partial charge in [-0.1, -0.05) is 24.0 Å². The predicted molar refractivity (Wildman–Crippen MR) is 109 cm³/mol. The molecule has 26 heavy (non-hydrogen) atoms. The summed E-state index contributed by atoms with van der Waals surface area (Å²) in [6.45, 7) is 4.14. The van der Waals surface area contributed by atoms with Crippen LogP contribution < -0.4 is 5.32 Å². The second kappa shape index (κ2) is 8.61. The van der Waals surface area contributed by atoms with Gasteiger partial charge in [0.05, 0.1) is 6.04 Å². The van der Waals surface area contributed by atoms with Gasteiger partial charge >= 0.3 is 0 Å². The number of hydrogen-bond acceptors (Lipinski definition) is 5. The first-order valence-electron chi connectivity index (χ1n) is 8.48. The monoisotopic (exact) mass is 382 g/mol. The number of thiazole rings is 1. The molecule has 1 aromatic carbocycles. The Labute approximate surface area is 162 Å². The molecule has 0 amide bonds. The lowest BCUT2D eigenvalue weighted by Crippen LogP contribution is -2.22. The maximum atomic E-state index is 9.69. The quantitative estimate of drug-likeness (QED) is 0.621. The number of nitrogens with one attached hydrogen (secondary N) is 1. The first kappa shape index (κ1) is 18.8. The molecule has 3 nitrogen and oxygen atoms in total. The van der Waals surface area contributed by atoms with Crippen molar-refractivity contribution in [3.63, 3.8) is 0 Å². The smallest absolute Gasteiger partial charge is 0.120 e. The summed E-state index contributed by atoms with van der Waals surface area (Å²) in [4.78, 5) is 4.49. The van der Waals surface area contributed by atoms with E-state index in [1.165, 1.54) is 11.1 Å². The van der Waals surface area contributed by atoms with Crippen LogP contribution in [0.25, 0.3) is 0 Å².